The van der Waals surface area contributed by atoms with Crippen molar-refractivity contribution in [2.45, 2.75) is 39.7 Å². The maximum absolute atomic E-state index is 10.7. The Balaban J connectivity index is 3.88. The van der Waals surface area contributed by atoms with Crippen LogP contribution in [-0.4, -0.2) is 22.3 Å². The Bertz CT molecular complexity index is 141. The number of carboxylic acids is 1. The summed E-state index contributed by atoms with van der Waals surface area (Å²) in [6.07, 6.45) is 0.727. The molecule has 0 saturated carbocycles. The first kappa shape index (κ1) is 11.4. The molecule has 0 heterocycles. The summed E-state index contributed by atoms with van der Waals surface area (Å²) < 4.78 is 0. The number of aliphatic carboxylic acids is 1. The van der Waals surface area contributed by atoms with Crippen LogP contribution in [0.2, 0.25) is 0 Å². The van der Waals surface area contributed by atoms with Crippen LogP contribution in [0.15, 0.2) is 0 Å². The summed E-state index contributed by atoms with van der Waals surface area (Å²) in [6, 6.07) is 0. The lowest BCUT2D eigenvalue weighted by molar-refractivity contribution is -0.143. The first-order valence-electron chi connectivity index (χ1n) is 4.36. The number of carbonyl (C=O) groups is 1. The zero-order valence-electron chi connectivity index (χ0n) is 7.95. The van der Waals surface area contributed by atoms with Gasteiger partial charge in [0.25, 0.3) is 0 Å². The molecule has 0 rings (SSSR count). The molecule has 3 heteroatoms. The van der Waals surface area contributed by atoms with Crippen molar-refractivity contribution >= 4 is 5.97 Å². The van der Waals surface area contributed by atoms with E-state index in [0.717, 1.165) is 0 Å². The quantitative estimate of drug-likeness (QED) is 0.664. The molecule has 0 aliphatic heterocycles. The molecule has 0 aromatic heterocycles. The molecule has 0 aromatic carbocycles. The maximum Gasteiger partial charge on any atom is 0.306 e. The Morgan fingerprint density at radius 2 is 1.75 bits per heavy atom. The number of aliphatic hydroxyl groups excluding tert-OH is 1. The van der Waals surface area contributed by atoms with Crippen molar-refractivity contribution in [3.05, 3.63) is 0 Å². The SMILES string of the molecule is CC(O)CCC(C(=O)O)C(C)C. The highest BCUT2D eigenvalue weighted by molar-refractivity contribution is 5.70. The second-order valence-corrected chi connectivity index (χ2v) is 3.62. The predicted molar refractivity (Wildman–Crippen MR) is 46.9 cm³/mol. The van der Waals surface area contributed by atoms with Crippen LogP contribution in [0.4, 0.5) is 0 Å². The second kappa shape index (κ2) is 5.14. The zero-order valence-corrected chi connectivity index (χ0v) is 7.95. The Hall–Kier alpha value is -0.570. The van der Waals surface area contributed by atoms with Crippen LogP contribution < -0.4 is 0 Å². The van der Waals surface area contributed by atoms with Gasteiger partial charge in [0.05, 0.1) is 12.0 Å². The highest BCUT2D eigenvalue weighted by Crippen LogP contribution is 2.18. The molecule has 0 saturated heterocycles. The molecule has 72 valence electrons. The first-order valence-corrected chi connectivity index (χ1v) is 4.36. The third-order valence-corrected chi connectivity index (χ3v) is 2.02. The zero-order chi connectivity index (χ0) is 9.72. The van der Waals surface area contributed by atoms with Crippen LogP contribution in [0.5, 0.6) is 0 Å². The topological polar surface area (TPSA) is 57.5 Å². The van der Waals surface area contributed by atoms with Gasteiger partial charge in [-0.2, -0.15) is 0 Å². The molecule has 3 nitrogen and oxygen atoms in total. The summed E-state index contributed by atoms with van der Waals surface area (Å²) in [5.74, 6) is -0.938. The van der Waals surface area contributed by atoms with Crippen LogP contribution >= 0.6 is 0 Å². The van der Waals surface area contributed by atoms with Crippen LogP contribution in [0.1, 0.15) is 33.6 Å². The molecule has 2 N–H and O–H groups in total. The van der Waals surface area contributed by atoms with E-state index in [1.165, 1.54) is 0 Å². The molecule has 0 bridgehead atoms. The number of rotatable bonds is 5. The summed E-state index contributed by atoms with van der Waals surface area (Å²) >= 11 is 0. The highest BCUT2D eigenvalue weighted by Gasteiger charge is 2.21. The highest BCUT2D eigenvalue weighted by atomic mass is 16.4. The summed E-state index contributed by atoms with van der Waals surface area (Å²) in [7, 11) is 0. The van der Waals surface area contributed by atoms with Crippen molar-refractivity contribution in [1.82, 2.24) is 0 Å². The van der Waals surface area contributed by atoms with Crippen molar-refractivity contribution < 1.29 is 15.0 Å². The summed E-state index contributed by atoms with van der Waals surface area (Å²) in [4.78, 5) is 10.7. The molecule has 0 aliphatic carbocycles. The van der Waals surface area contributed by atoms with Gasteiger partial charge in [0.2, 0.25) is 0 Å². The average Bonchev–Trinajstić information content (AvgIpc) is 1.84. The number of carboxylic acid groups (broad SMARTS) is 1. The van der Waals surface area contributed by atoms with E-state index in [-0.39, 0.29) is 11.8 Å². The minimum absolute atomic E-state index is 0.140. The Labute approximate surface area is 73.4 Å². The smallest absolute Gasteiger partial charge is 0.306 e. The van der Waals surface area contributed by atoms with E-state index in [1.807, 2.05) is 13.8 Å². The van der Waals surface area contributed by atoms with Crippen molar-refractivity contribution in [3.63, 3.8) is 0 Å². The van der Waals surface area contributed by atoms with E-state index in [9.17, 15) is 4.79 Å². The molecule has 0 amide bonds. The van der Waals surface area contributed by atoms with Gasteiger partial charge in [-0.1, -0.05) is 13.8 Å². The summed E-state index contributed by atoms with van der Waals surface area (Å²) in [5, 5.41) is 17.7. The first-order chi connectivity index (χ1) is 5.45. The Kier molecular flexibility index (Phi) is 4.90. The van der Waals surface area contributed by atoms with Gasteiger partial charge < -0.3 is 10.2 Å². The van der Waals surface area contributed by atoms with Gasteiger partial charge in [-0.05, 0) is 25.7 Å². The molecular weight excluding hydrogens is 156 g/mol. The number of hydrogen-bond acceptors (Lipinski definition) is 2. The lowest BCUT2D eigenvalue weighted by atomic mass is 9.90. The lowest BCUT2D eigenvalue weighted by Crippen LogP contribution is -2.21. The molecule has 0 fully saturated rings. The van der Waals surface area contributed by atoms with E-state index in [0.29, 0.717) is 12.8 Å². The largest absolute Gasteiger partial charge is 0.481 e. The normalized spacial score (nSPS) is 16.1. The van der Waals surface area contributed by atoms with Crippen molar-refractivity contribution in [2.24, 2.45) is 11.8 Å². The van der Waals surface area contributed by atoms with Crippen molar-refractivity contribution in [2.75, 3.05) is 0 Å². The van der Waals surface area contributed by atoms with E-state index in [1.54, 1.807) is 6.92 Å². The fourth-order valence-corrected chi connectivity index (χ4v) is 1.16. The molecule has 0 aromatic rings. The molecule has 0 aliphatic rings. The lowest BCUT2D eigenvalue weighted by Gasteiger charge is -2.16. The third-order valence-electron chi connectivity index (χ3n) is 2.02. The minimum Gasteiger partial charge on any atom is -0.481 e. The van der Waals surface area contributed by atoms with Gasteiger partial charge in [-0.15, -0.1) is 0 Å². The molecule has 2 atom stereocenters. The predicted octanol–water partition coefficient (Wildman–Crippen LogP) is 1.50. The van der Waals surface area contributed by atoms with Crippen molar-refractivity contribution in [1.29, 1.82) is 0 Å². The molecular formula is C9H18O3. The van der Waals surface area contributed by atoms with E-state index >= 15 is 0 Å². The molecule has 0 spiro atoms. The average molecular weight is 174 g/mol. The van der Waals surface area contributed by atoms with E-state index in [4.69, 9.17) is 10.2 Å². The monoisotopic (exact) mass is 174 g/mol. The Morgan fingerprint density at radius 1 is 1.25 bits per heavy atom. The fraction of sp³-hybridized carbons (Fsp3) is 0.889. The van der Waals surface area contributed by atoms with Gasteiger partial charge in [0, 0.05) is 0 Å². The summed E-state index contributed by atoms with van der Waals surface area (Å²) in [6.45, 7) is 5.46. The van der Waals surface area contributed by atoms with Crippen LogP contribution in [0.3, 0.4) is 0 Å². The van der Waals surface area contributed by atoms with Gasteiger partial charge in [0.15, 0.2) is 0 Å². The van der Waals surface area contributed by atoms with Gasteiger partial charge in [-0.25, -0.2) is 0 Å². The van der Waals surface area contributed by atoms with E-state index < -0.39 is 12.1 Å². The summed E-state index contributed by atoms with van der Waals surface area (Å²) in [5.41, 5.74) is 0. The minimum atomic E-state index is -0.759. The number of hydrogen-bond donors (Lipinski definition) is 2. The van der Waals surface area contributed by atoms with Crippen LogP contribution in [-0.2, 0) is 4.79 Å². The van der Waals surface area contributed by atoms with Crippen molar-refractivity contribution in [3.8, 4) is 0 Å². The molecule has 0 radical (unpaired) electrons. The van der Waals surface area contributed by atoms with Gasteiger partial charge in [-0.3, -0.25) is 4.79 Å². The molecule has 12 heavy (non-hydrogen) atoms. The third kappa shape index (κ3) is 4.34. The van der Waals surface area contributed by atoms with E-state index in [2.05, 4.69) is 0 Å². The van der Waals surface area contributed by atoms with Gasteiger partial charge in [0.1, 0.15) is 0 Å². The second-order valence-electron chi connectivity index (χ2n) is 3.62. The van der Waals surface area contributed by atoms with Crippen LogP contribution in [0, 0.1) is 11.8 Å². The van der Waals surface area contributed by atoms with Crippen LogP contribution in [0.25, 0.3) is 0 Å². The standard InChI is InChI=1S/C9H18O3/c1-6(2)8(9(11)12)5-4-7(3)10/h6-8,10H,4-5H2,1-3H3,(H,11,12). The number of aliphatic hydroxyl groups is 1. The van der Waals surface area contributed by atoms with Gasteiger partial charge >= 0.3 is 5.97 Å². The molecule has 2 unspecified atom stereocenters. The maximum atomic E-state index is 10.7. The Morgan fingerprint density at radius 3 is 2.00 bits per heavy atom. The fourth-order valence-electron chi connectivity index (χ4n) is 1.16.